The van der Waals surface area contributed by atoms with Gasteiger partial charge in [-0.05, 0) is 6.42 Å². The molecular formula is C8H15FO5. The number of halogens is 1. The van der Waals surface area contributed by atoms with Gasteiger partial charge in [0.2, 0.25) is 0 Å². The number of carbonyl (C=O) groups excluding carboxylic acids is 1. The number of ketones is 1. The lowest BCUT2D eigenvalue weighted by Gasteiger charge is -2.22. The third kappa shape index (κ3) is 3.30. The Kier molecular flexibility index (Phi) is 5.78. The smallest absolute Gasteiger partial charge is 0.189 e. The second-order valence-corrected chi connectivity index (χ2v) is 2.98. The van der Waals surface area contributed by atoms with Crippen LogP contribution in [0, 0.1) is 0 Å². The van der Waals surface area contributed by atoms with E-state index in [0.29, 0.717) is 0 Å². The highest BCUT2D eigenvalue weighted by Gasteiger charge is 2.34. The van der Waals surface area contributed by atoms with E-state index in [2.05, 4.69) is 0 Å². The Labute approximate surface area is 80.8 Å². The zero-order valence-electron chi connectivity index (χ0n) is 7.80. The molecule has 5 nitrogen and oxygen atoms in total. The lowest BCUT2D eigenvalue weighted by atomic mass is 10.0. The van der Waals surface area contributed by atoms with Crippen molar-refractivity contribution < 1.29 is 29.6 Å². The minimum absolute atomic E-state index is 0.0538. The summed E-state index contributed by atoms with van der Waals surface area (Å²) in [5.74, 6) is -1.08. The molecule has 84 valence electrons. The van der Waals surface area contributed by atoms with Gasteiger partial charge in [-0.3, -0.25) is 4.79 Å². The van der Waals surface area contributed by atoms with Gasteiger partial charge < -0.3 is 20.4 Å². The van der Waals surface area contributed by atoms with Gasteiger partial charge >= 0.3 is 0 Å². The van der Waals surface area contributed by atoms with Gasteiger partial charge in [0.05, 0.1) is 6.10 Å². The number of hydrogen-bond acceptors (Lipinski definition) is 5. The summed E-state index contributed by atoms with van der Waals surface area (Å²) in [5.41, 5.74) is 0. The lowest BCUT2D eigenvalue weighted by molar-refractivity contribution is -0.141. The van der Waals surface area contributed by atoms with Crippen molar-refractivity contribution in [2.24, 2.45) is 0 Å². The first-order valence-electron chi connectivity index (χ1n) is 4.27. The second kappa shape index (κ2) is 6.02. The normalized spacial score (nSPS) is 19.9. The van der Waals surface area contributed by atoms with Crippen LogP contribution < -0.4 is 0 Å². The molecule has 0 aliphatic heterocycles. The zero-order valence-corrected chi connectivity index (χ0v) is 7.80. The number of alkyl halides is 1. The molecule has 0 rings (SSSR count). The minimum Gasteiger partial charge on any atom is -0.390 e. The van der Waals surface area contributed by atoms with Gasteiger partial charge in [-0.2, -0.15) is 0 Å². The molecule has 0 spiro atoms. The zero-order chi connectivity index (χ0) is 11.3. The molecule has 0 aromatic heterocycles. The summed E-state index contributed by atoms with van der Waals surface area (Å²) in [5, 5.41) is 35.4. The quantitative estimate of drug-likeness (QED) is 0.422. The van der Waals surface area contributed by atoms with Gasteiger partial charge in [-0.1, -0.05) is 6.92 Å². The highest BCUT2D eigenvalue weighted by molar-refractivity contribution is 5.84. The molecule has 6 heteroatoms. The van der Waals surface area contributed by atoms with Gasteiger partial charge in [0.25, 0.3) is 0 Å². The van der Waals surface area contributed by atoms with E-state index in [0.717, 1.165) is 0 Å². The maximum atomic E-state index is 13.0. The van der Waals surface area contributed by atoms with Crippen molar-refractivity contribution in [1.29, 1.82) is 0 Å². The average molecular weight is 210 g/mol. The molecule has 0 saturated carbocycles. The van der Waals surface area contributed by atoms with Crippen molar-refractivity contribution in [3.8, 4) is 0 Å². The highest BCUT2D eigenvalue weighted by atomic mass is 19.1. The number of Topliss-reactive ketones (excluding diaryl/α,β-unsaturated/α-hetero) is 1. The van der Waals surface area contributed by atoms with Crippen LogP contribution in [0.2, 0.25) is 0 Å². The molecular weight excluding hydrogens is 195 g/mol. The number of aliphatic hydroxyl groups is 4. The summed E-state index contributed by atoms with van der Waals surface area (Å²) in [7, 11) is 0. The van der Waals surface area contributed by atoms with Crippen LogP contribution in [0.5, 0.6) is 0 Å². The first-order chi connectivity index (χ1) is 6.45. The van der Waals surface area contributed by atoms with E-state index in [4.69, 9.17) is 20.4 Å². The summed E-state index contributed by atoms with van der Waals surface area (Å²) < 4.78 is 13.0. The number of rotatable bonds is 6. The van der Waals surface area contributed by atoms with E-state index >= 15 is 0 Å². The fraction of sp³-hybridized carbons (Fsp3) is 0.875. The van der Waals surface area contributed by atoms with Crippen molar-refractivity contribution >= 4 is 5.78 Å². The van der Waals surface area contributed by atoms with Gasteiger partial charge in [0.1, 0.15) is 18.8 Å². The summed E-state index contributed by atoms with van der Waals surface area (Å²) in [6.45, 7) is 0.511. The topological polar surface area (TPSA) is 98.0 Å². The van der Waals surface area contributed by atoms with Crippen LogP contribution in [-0.2, 0) is 4.79 Å². The summed E-state index contributed by atoms with van der Waals surface area (Å²) in [6, 6.07) is 0. The molecule has 0 aliphatic carbocycles. The average Bonchev–Trinajstić information content (AvgIpc) is 2.23. The van der Waals surface area contributed by atoms with E-state index < -0.39 is 36.9 Å². The SMILES string of the molecule is CCC(O)C(F)C(O)C(O)C(=O)CO. The largest absolute Gasteiger partial charge is 0.390 e. The maximum Gasteiger partial charge on any atom is 0.189 e. The first kappa shape index (κ1) is 13.4. The Morgan fingerprint density at radius 2 is 1.86 bits per heavy atom. The number of hydrogen-bond donors (Lipinski definition) is 4. The van der Waals surface area contributed by atoms with Crippen molar-refractivity contribution in [2.75, 3.05) is 6.61 Å². The molecule has 0 radical (unpaired) electrons. The van der Waals surface area contributed by atoms with Crippen molar-refractivity contribution in [3.05, 3.63) is 0 Å². The Morgan fingerprint density at radius 1 is 1.36 bits per heavy atom. The van der Waals surface area contributed by atoms with E-state index in [1.54, 1.807) is 0 Å². The van der Waals surface area contributed by atoms with Crippen LogP contribution in [0.3, 0.4) is 0 Å². The van der Waals surface area contributed by atoms with Gasteiger partial charge in [-0.15, -0.1) is 0 Å². The highest BCUT2D eigenvalue weighted by Crippen LogP contribution is 2.12. The third-order valence-corrected chi connectivity index (χ3v) is 1.92. The molecule has 0 fully saturated rings. The molecule has 0 aromatic carbocycles. The van der Waals surface area contributed by atoms with E-state index in [1.165, 1.54) is 6.92 Å². The van der Waals surface area contributed by atoms with Crippen LogP contribution in [0.1, 0.15) is 13.3 Å². The molecule has 4 unspecified atom stereocenters. The van der Waals surface area contributed by atoms with Gasteiger partial charge in [-0.25, -0.2) is 4.39 Å². The Morgan fingerprint density at radius 3 is 2.21 bits per heavy atom. The molecule has 0 bridgehead atoms. The van der Waals surface area contributed by atoms with Crippen LogP contribution in [0.15, 0.2) is 0 Å². The molecule has 0 aliphatic rings. The Bertz CT molecular complexity index is 187. The molecule has 4 N–H and O–H groups in total. The van der Waals surface area contributed by atoms with E-state index in [1.807, 2.05) is 0 Å². The van der Waals surface area contributed by atoms with E-state index in [9.17, 15) is 9.18 Å². The Hall–Kier alpha value is -0.560. The first-order valence-corrected chi connectivity index (χ1v) is 4.27. The number of aliphatic hydroxyl groups excluding tert-OH is 4. The van der Waals surface area contributed by atoms with Gasteiger partial charge in [0, 0.05) is 0 Å². The molecule has 0 aromatic rings. The fourth-order valence-corrected chi connectivity index (χ4v) is 0.911. The van der Waals surface area contributed by atoms with Crippen LogP contribution in [0.25, 0.3) is 0 Å². The molecule has 0 heterocycles. The molecule has 0 amide bonds. The van der Waals surface area contributed by atoms with Crippen molar-refractivity contribution in [1.82, 2.24) is 0 Å². The molecule has 14 heavy (non-hydrogen) atoms. The lowest BCUT2D eigenvalue weighted by Crippen LogP contribution is -2.46. The number of carbonyl (C=O) groups is 1. The minimum atomic E-state index is -2.11. The third-order valence-electron chi connectivity index (χ3n) is 1.92. The van der Waals surface area contributed by atoms with Crippen molar-refractivity contribution in [3.63, 3.8) is 0 Å². The summed E-state index contributed by atoms with van der Waals surface area (Å²) >= 11 is 0. The second-order valence-electron chi connectivity index (χ2n) is 2.98. The van der Waals surface area contributed by atoms with Crippen LogP contribution in [0.4, 0.5) is 4.39 Å². The summed E-state index contributed by atoms with van der Waals surface area (Å²) in [6.07, 6.45) is -7.50. The molecule has 4 atom stereocenters. The van der Waals surface area contributed by atoms with Crippen molar-refractivity contribution in [2.45, 2.75) is 37.8 Å². The summed E-state index contributed by atoms with van der Waals surface area (Å²) in [4.78, 5) is 10.7. The maximum absolute atomic E-state index is 13.0. The predicted molar refractivity (Wildman–Crippen MR) is 45.3 cm³/mol. The van der Waals surface area contributed by atoms with Crippen LogP contribution >= 0.6 is 0 Å². The predicted octanol–water partition coefficient (Wildman–Crippen LogP) is -1.62. The standard InChI is InChI=1S/C8H15FO5/c1-2-4(11)6(9)8(14)7(13)5(12)3-10/h4,6-8,10-11,13-14H,2-3H2,1H3. The molecule has 0 saturated heterocycles. The monoisotopic (exact) mass is 210 g/mol. The Balaban J connectivity index is 4.30. The fourth-order valence-electron chi connectivity index (χ4n) is 0.911. The van der Waals surface area contributed by atoms with Crippen LogP contribution in [-0.4, -0.2) is 57.3 Å². The van der Waals surface area contributed by atoms with E-state index in [-0.39, 0.29) is 6.42 Å². The van der Waals surface area contributed by atoms with Gasteiger partial charge in [0.15, 0.2) is 12.0 Å².